The van der Waals surface area contributed by atoms with Gasteiger partial charge in [-0.25, -0.2) is 0 Å². The molecule has 128 valence electrons. The van der Waals surface area contributed by atoms with Crippen molar-refractivity contribution in [3.63, 3.8) is 0 Å². The van der Waals surface area contributed by atoms with E-state index in [1.807, 2.05) is 12.1 Å². The molecule has 0 bridgehead atoms. The van der Waals surface area contributed by atoms with Crippen LogP contribution in [0.1, 0.15) is 23.5 Å². The number of nitrogens with zero attached hydrogens (tertiary/aromatic N) is 1. The predicted octanol–water partition coefficient (Wildman–Crippen LogP) is 3.33. The summed E-state index contributed by atoms with van der Waals surface area (Å²) in [6, 6.07) is 15.0. The van der Waals surface area contributed by atoms with Gasteiger partial charge in [0.2, 0.25) is 0 Å². The molecule has 0 aromatic heterocycles. The average Bonchev–Trinajstić information content (AvgIpc) is 2.62. The zero-order valence-corrected chi connectivity index (χ0v) is 14.7. The molecule has 1 aliphatic rings. The Kier molecular flexibility index (Phi) is 4.95. The molecule has 0 saturated carbocycles. The van der Waals surface area contributed by atoms with E-state index >= 15 is 0 Å². The first kappa shape index (κ1) is 16.7. The van der Waals surface area contributed by atoms with E-state index < -0.39 is 0 Å². The van der Waals surface area contributed by atoms with Gasteiger partial charge < -0.3 is 20.1 Å². The summed E-state index contributed by atoms with van der Waals surface area (Å²) in [5.41, 5.74) is 10.2. The number of benzene rings is 2. The summed E-state index contributed by atoms with van der Waals surface area (Å²) >= 11 is 0. The van der Waals surface area contributed by atoms with Gasteiger partial charge in [0.05, 0.1) is 14.2 Å². The number of methoxy groups -OCH3 is 2. The topological polar surface area (TPSA) is 47.7 Å². The fourth-order valence-corrected chi connectivity index (χ4v) is 3.39. The molecule has 24 heavy (non-hydrogen) atoms. The van der Waals surface area contributed by atoms with Crippen molar-refractivity contribution >= 4 is 5.69 Å². The zero-order valence-electron chi connectivity index (χ0n) is 14.7. The van der Waals surface area contributed by atoms with Gasteiger partial charge in [-0.1, -0.05) is 29.8 Å². The lowest BCUT2D eigenvalue weighted by molar-refractivity contribution is 0.354. The Hall–Kier alpha value is -2.20. The number of rotatable bonds is 4. The van der Waals surface area contributed by atoms with Crippen LogP contribution in [0.25, 0.3) is 0 Å². The molecule has 2 N–H and O–H groups in total. The molecular weight excluding hydrogens is 300 g/mol. The molecule has 2 aromatic carbocycles. The summed E-state index contributed by atoms with van der Waals surface area (Å²) in [5.74, 6) is 1.86. The van der Waals surface area contributed by atoms with Crippen LogP contribution < -0.4 is 20.1 Å². The van der Waals surface area contributed by atoms with Gasteiger partial charge in [-0.2, -0.15) is 0 Å². The Bertz CT molecular complexity index is 685. The van der Waals surface area contributed by atoms with Crippen LogP contribution in [0.3, 0.4) is 0 Å². The molecule has 0 radical (unpaired) electrons. The maximum Gasteiger partial charge on any atom is 0.162 e. The van der Waals surface area contributed by atoms with Crippen LogP contribution in [-0.4, -0.2) is 33.4 Å². The third-order valence-electron chi connectivity index (χ3n) is 4.90. The van der Waals surface area contributed by atoms with E-state index in [4.69, 9.17) is 15.2 Å². The van der Waals surface area contributed by atoms with E-state index in [0.717, 1.165) is 36.7 Å². The number of hydrogen-bond donors (Lipinski definition) is 1. The van der Waals surface area contributed by atoms with Crippen molar-refractivity contribution in [1.82, 2.24) is 0 Å². The Morgan fingerprint density at radius 1 is 1.00 bits per heavy atom. The minimum Gasteiger partial charge on any atom is -0.493 e. The number of anilines is 1. The van der Waals surface area contributed by atoms with E-state index in [-0.39, 0.29) is 6.04 Å². The van der Waals surface area contributed by atoms with E-state index in [2.05, 4.69) is 42.2 Å². The van der Waals surface area contributed by atoms with Crippen LogP contribution in [0.4, 0.5) is 5.69 Å². The van der Waals surface area contributed by atoms with Crippen LogP contribution in [-0.2, 0) is 0 Å². The second-order valence-electron chi connectivity index (χ2n) is 6.46. The van der Waals surface area contributed by atoms with Gasteiger partial charge in [0.1, 0.15) is 0 Å². The first-order valence-electron chi connectivity index (χ1n) is 8.41. The van der Waals surface area contributed by atoms with Crippen molar-refractivity contribution in [3.8, 4) is 11.5 Å². The summed E-state index contributed by atoms with van der Waals surface area (Å²) in [5, 5.41) is 0. The van der Waals surface area contributed by atoms with E-state index in [1.54, 1.807) is 14.2 Å². The van der Waals surface area contributed by atoms with Gasteiger partial charge in [-0.3, -0.25) is 0 Å². The highest BCUT2D eigenvalue weighted by Gasteiger charge is 2.28. The van der Waals surface area contributed by atoms with E-state index in [9.17, 15) is 0 Å². The Morgan fingerprint density at radius 3 is 2.38 bits per heavy atom. The summed E-state index contributed by atoms with van der Waals surface area (Å²) in [6.45, 7) is 3.99. The lowest BCUT2D eigenvalue weighted by atomic mass is 9.86. The fourth-order valence-electron chi connectivity index (χ4n) is 3.39. The van der Waals surface area contributed by atoms with Crippen molar-refractivity contribution in [2.45, 2.75) is 25.3 Å². The van der Waals surface area contributed by atoms with Crippen LogP contribution in [0.5, 0.6) is 11.5 Å². The van der Waals surface area contributed by atoms with Gasteiger partial charge in [0.25, 0.3) is 0 Å². The fraction of sp³-hybridized carbons (Fsp3) is 0.400. The number of hydrogen-bond acceptors (Lipinski definition) is 4. The van der Waals surface area contributed by atoms with Crippen molar-refractivity contribution < 1.29 is 9.47 Å². The lowest BCUT2D eigenvalue weighted by Gasteiger charge is -2.38. The minimum absolute atomic E-state index is 0.198. The first-order chi connectivity index (χ1) is 11.6. The van der Waals surface area contributed by atoms with Crippen LogP contribution in [0, 0.1) is 6.92 Å². The molecule has 4 heteroatoms. The highest BCUT2D eigenvalue weighted by molar-refractivity contribution is 5.57. The third-order valence-corrected chi connectivity index (χ3v) is 4.90. The molecule has 1 heterocycles. The number of aryl methyl sites for hydroxylation is 1. The second kappa shape index (κ2) is 7.14. The monoisotopic (exact) mass is 326 g/mol. The lowest BCUT2D eigenvalue weighted by Crippen LogP contribution is -2.45. The summed E-state index contributed by atoms with van der Waals surface area (Å²) in [6.07, 6.45) is 0.979. The third kappa shape index (κ3) is 3.34. The normalized spacial score (nSPS) is 20.8. The number of ether oxygens (including phenoxy) is 2. The minimum atomic E-state index is 0.198. The van der Waals surface area contributed by atoms with Crippen molar-refractivity contribution in [3.05, 3.63) is 53.6 Å². The molecule has 0 amide bonds. The summed E-state index contributed by atoms with van der Waals surface area (Å²) < 4.78 is 10.8. The molecule has 2 atom stereocenters. The largest absolute Gasteiger partial charge is 0.493 e. The Labute approximate surface area is 144 Å². The highest BCUT2D eigenvalue weighted by Crippen LogP contribution is 2.35. The van der Waals surface area contributed by atoms with Gasteiger partial charge in [-0.05, 0) is 31.0 Å². The van der Waals surface area contributed by atoms with Crippen molar-refractivity contribution in [1.29, 1.82) is 0 Å². The summed E-state index contributed by atoms with van der Waals surface area (Å²) in [7, 11) is 3.33. The van der Waals surface area contributed by atoms with E-state index in [1.165, 1.54) is 11.1 Å². The maximum absolute atomic E-state index is 6.42. The molecule has 0 unspecified atom stereocenters. The summed E-state index contributed by atoms with van der Waals surface area (Å²) in [4.78, 5) is 2.38. The molecule has 4 nitrogen and oxygen atoms in total. The van der Waals surface area contributed by atoms with Crippen molar-refractivity contribution in [2.24, 2.45) is 5.73 Å². The zero-order chi connectivity index (χ0) is 17.1. The first-order valence-corrected chi connectivity index (χ1v) is 8.41. The maximum atomic E-state index is 6.42. The standard InChI is InChI=1S/C20H26N2O2/c1-14-4-6-15(7-5-14)17-13-22(11-10-18(17)21)16-8-9-19(23-2)20(12-16)24-3/h4-9,12,17-18H,10-11,13,21H2,1-3H3/t17-,18+/m1/s1. The highest BCUT2D eigenvalue weighted by atomic mass is 16.5. The molecule has 2 aromatic rings. The van der Waals surface area contributed by atoms with Gasteiger partial charge >= 0.3 is 0 Å². The molecule has 1 fully saturated rings. The molecule has 0 spiro atoms. The van der Waals surface area contributed by atoms with Gasteiger partial charge in [-0.15, -0.1) is 0 Å². The Balaban J connectivity index is 1.83. The predicted molar refractivity (Wildman–Crippen MR) is 98.3 cm³/mol. The van der Waals surface area contributed by atoms with Crippen LogP contribution >= 0.6 is 0 Å². The molecular formula is C20H26N2O2. The number of piperidine rings is 1. The number of nitrogens with two attached hydrogens (primary N) is 1. The quantitative estimate of drug-likeness (QED) is 0.936. The smallest absolute Gasteiger partial charge is 0.162 e. The SMILES string of the molecule is COc1ccc(N2CC[C@H](N)[C@@H](c3ccc(C)cc3)C2)cc1OC. The molecule has 3 rings (SSSR count). The van der Waals surface area contributed by atoms with Crippen LogP contribution in [0.2, 0.25) is 0 Å². The molecule has 1 aliphatic heterocycles. The average molecular weight is 326 g/mol. The van der Waals surface area contributed by atoms with Crippen molar-refractivity contribution in [2.75, 3.05) is 32.2 Å². The molecule has 1 saturated heterocycles. The van der Waals surface area contributed by atoms with Gasteiger partial charge in [0, 0.05) is 36.8 Å². The molecule has 0 aliphatic carbocycles. The second-order valence-corrected chi connectivity index (χ2v) is 6.46. The Morgan fingerprint density at radius 2 is 1.71 bits per heavy atom. The van der Waals surface area contributed by atoms with Crippen LogP contribution in [0.15, 0.2) is 42.5 Å². The van der Waals surface area contributed by atoms with Gasteiger partial charge in [0.15, 0.2) is 11.5 Å². The van der Waals surface area contributed by atoms with E-state index in [0.29, 0.717) is 5.92 Å².